The highest BCUT2D eigenvalue weighted by Gasteiger charge is 2.36. The number of rotatable bonds is 4. The van der Waals surface area contributed by atoms with Crippen LogP contribution in [0.3, 0.4) is 0 Å². The topological polar surface area (TPSA) is 86.4 Å². The van der Waals surface area contributed by atoms with Crippen molar-refractivity contribution in [1.82, 2.24) is 26.1 Å². The van der Waals surface area contributed by atoms with Gasteiger partial charge in [-0.25, -0.2) is 10.9 Å². The molecule has 2 amide bonds. The van der Waals surface area contributed by atoms with E-state index in [2.05, 4.69) is 21.2 Å². The summed E-state index contributed by atoms with van der Waals surface area (Å²) in [5.41, 5.74) is 7.42. The zero-order valence-corrected chi connectivity index (χ0v) is 15.7. The Balaban J connectivity index is 1.31. The van der Waals surface area contributed by atoms with Gasteiger partial charge in [-0.3, -0.25) is 14.6 Å². The molecule has 1 aromatic rings. The van der Waals surface area contributed by atoms with E-state index < -0.39 is 0 Å². The molecular weight excluding hydrogens is 342 g/mol. The minimum Gasteiger partial charge on any atom is -0.353 e. The number of pyridine rings is 1. The number of hydrazine groups is 1. The average molecular weight is 371 g/mol. The zero-order valence-electron chi connectivity index (χ0n) is 15.7. The second-order valence-corrected chi connectivity index (χ2v) is 8.03. The number of amides is 2. The van der Waals surface area contributed by atoms with Gasteiger partial charge in [0.05, 0.1) is 5.92 Å². The van der Waals surface area contributed by atoms with Gasteiger partial charge < -0.3 is 10.2 Å². The van der Waals surface area contributed by atoms with Crippen molar-refractivity contribution in [3.8, 4) is 0 Å². The Kier molecular flexibility index (Phi) is 5.69. The van der Waals surface area contributed by atoms with E-state index >= 15 is 0 Å². The molecule has 0 aromatic carbocycles. The van der Waals surface area contributed by atoms with E-state index in [-0.39, 0.29) is 29.8 Å². The molecule has 3 unspecified atom stereocenters. The van der Waals surface area contributed by atoms with E-state index in [9.17, 15) is 9.59 Å². The van der Waals surface area contributed by atoms with Gasteiger partial charge in [-0.2, -0.15) is 0 Å². The lowest BCUT2D eigenvalue weighted by atomic mass is 9.95. The normalized spacial score (nSPS) is 29.0. The third-order valence-electron chi connectivity index (χ3n) is 6.09. The first-order valence-corrected chi connectivity index (χ1v) is 10.2. The van der Waals surface area contributed by atoms with E-state index in [1.165, 1.54) is 12.8 Å². The van der Waals surface area contributed by atoms with Crippen molar-refractivity contribution in [3.63, 3.8) is 0 Å². The fourth-order valence-corrected chi connectivity index (χ4v) is 4.52. The summed E-state index contributed by atoms with van der Waals surface area (Å²) in [5, 5.41) is 3.19. The highest BCUT2D eigenvalue weighted by Crippen LogP contribution is 2.25. The monoisotopic (exact) mass is 371 g/mol. The maximum Gasteiger partial charge on any atom is 0.241 e. The molecule has 1 saturated carbocycles. The van der Waals surface area contributed by atoms with E-state index in [1.54, 1.807) is 6.20 Å². The van der Waals surface area contributed by atoms with E-state index in [0.29, 0.717) is 19.0 Å². The largest absolute Gasteiger partial charge is 0.353 e. The zero-order chi connectivity index (χ0) is 18.6. The number of nitrogens with zero attached hydrogens (tertiary/aromatic N) is 2. The summed E-state index contributed by atoms with van der Waals surface area (Å²) in [6.07, 6.45) is 10.6. The third-order valence-corrected chi connectivity index (χ3v) is 6.09. The molecule has 0 bridgehead atoms. The Morgan fingerprint density at radius 2 is 2.00 bits per heavy atom. The highest BCUT2D eigenvalue weighted by molar-refractivity contribution is 5.84. The SMILES string of the molecule is O=C(NC1CCCC1)C1CCCN(C(=O)C2CC(c3cccnc3)NN2)C1. The Labute approximate surface area is 160 Å². The number of nitrogens with one attached hydrogen (secondary N) is 3. The van der Waals surface area contributed by atoms with Crippen LogP contribution in [0.5, 0.6) is 0 Å². The smallest absolute Gasteiger partial charge is 0.241 e. The minimum atomic E-state index is -0.258. The summed E-state index contributed by atoms with van der Waals surface area (Å²) in [4.78, 5) is 31.6. The molecule has 3 aliphatic rings. The fraction of sp³-hybridized carbons (Fsp3) is 0.650. The van der Waals surface area contributed by atoms with E-state index in [1.807, 2.05) is 23.2 Å². The average Bonchev–Trinajstić information content (AvgIpc) is 3.40. The molecule has 3 fully saturated rings. The summed E-state index contributed by atoms with van der Waals surface area (Å²) in [5.74, 6) is 0.143. The van der Waals surface area contributed by atoms with Gasteiger partial charge in [0.2, 0.25) is 11.8 Å². The lowest BCUT2D eigenvalue weighted by Crippen LogP contribution is -2.52. The van der Waals surface area contributed by atoms with Gasteiger partial charge in [0.15, 0.2) is 0 Å². The van der Waals surface area contributed by atoms with Crippen molar-refractivity contribution in [1.29, 1.82) is 0 Å². The third kappa shape index (κ3) is 4.30. The van der Waals surface area contributed by atoms with Crippen LogP contribution < -0.4 is 16.2 Å². The van der Waals surface area contributed by atoms with Crippen LogP contribution in [0, 0.1) is 5.92 Å². The van der Waals surface area contributed by atoms with E-state index in [4.69, 9.17) is 0 Å². The quantitative estimate of drug-likeness (QED) is 0.742. The summed E-state index contributed by atoms with van der Waals surface area (Å²) in [6, 6.07) is 4.09. The van der Waals surface area contributed by atoms with Crippen LogP contribution in [0.4, 0.5) is 0 Å². The van der Waals surface area contributed by atoms with Crippen LogP contribution in [-0.4, -0.2) is 46.9 Å². The fourth-order valence-electron chi connectivity index (χ4n) is 4.52. The van der Waals surface area contributed by atoms with Crippen molar-refractivity contribution in [2.45, 2.75) is 63.1 Å². The maximum atomic E-state index is 13.0. The molecule has 4 rings (SSSR count). The Hall–Kier alpha value is -1.99. The molecule has 146 valence electrons. The van der Waals surface area contributed by atoms with Gasteiger partial charge in [0.25, 0.3) is 0 Å². The lowest BCUT2D eigenvalue weighted by molar-refractivity contribution is -0.137. The Bertz CT molecular complexity index is 662. The van der Waals surface area contributed by atoms with Gasteiger partial charge >= 0.3 is 0 Å². The lowest BCUT2D eigenvalue weighted by Gasteiger charge is -2.34. The maximum absolute atomic E-state index is 13.0. The molecule has 3 atom stereocenters. The van der Waals surface area contributed by atoms with Gasteiger partial charge in [0, 0.05) is 37.6 Å². The Morgan fingerprint density at radius 3 is 2.78 bits per heavy atom. The van der Waals surface area contributed by atoms with Gasteiger partial charge in [-0.1, -0.05) is 18.9 Å². The number of hydrogen-bond acceptors (Lipinski definition) is 5. The minimum absolute atomic E-state index is 0.0771. The predicted octanol–water partition coefficient (Wildman–Crippen LogP) is 1.29. The van der Waals surface area contributed by atoms with Crippen molar-refractivity contribution < 1.29 is 9.59 Å². The number of likely N-dealkylation sites (tertiary alicyclic amines) is 1. The van der Waals surface area contributed by atoms with Crippen molar-refractivity contribution >= 4 is 11.8 Å². The van der Waals surface area contributed by atoms with Crippen molar-refractivity contribution in [3.05, 3.63) is 30.1 Å². The summed E-state index contributed by atoms with van der Waals surface area (Å²) < 4.78 is 0. The van der Waals surface area contributed by atoms with E-state index in [0.717, 1.165) is 37.8 Å². The molecule has 3 N–H and O–H groups in total. The van der Waals surface area contributed by atoms with Gasteiger partial charge in [-0.15, -0.1) is 0 Å². The number of hydrogen-bond donors (Lipinski definition) is 3. The number of carbonyl (C=O) groups excluding carboxylic acids is 2. The number of aromatic nitrogens is 1. The molecule has 2 aliphatic heterocycles. The molecule has 0 radical (unpaired) electrons. The van der Waals surface area contributed by atoms with Crippen LogP contribution in [0.1, 0.15) is 56.6 Å². The van der Waals surface area contributed by atoms with Crippen LogP contribution in [0.25, 0.3) is 0 Å². The highest BCUT2D eigenvalue weighted by atomic mass is 16.2. The molecular formula is C20H29N5O2. The molecule has 3 heterocycles. The molecule has 2 saturated heterocycles. The van der Waals surface area contributed by atoms with Crippen LogP contribution in [-0.2, 0) is 9.59 Å². The first kappa shape index (κ1) is 18.4. The molecule has 1 aromatic heterocycles. The summed E-state index contributed by atoms with van der Waals surface area (Å²) in [7, 11) is 0. The molecule has 7 heteroatoms. The first-order valence-electron chi connectivity index (χ1n) is 10.2. The number of piperidine rings is 1. The second kappa shape index (κ2) is 8.35. The van der Waals surface area contributed by atoms with Crippen LogP contribution >= 0.6 is 0 Å². The van der Waals surface area contributed by atoms with Crippen LogP contribution in [0.15, 0.2) is 24.5 Å². The van der Waals surface area contributed by atoms with Crippen molar-refractivity contribution in [2.75, 3.05) is 13.1 Å². The molecule has 27 heavy (non-hydrogen) atoms. The summed E-state index contributed by atoms with van der Waals surface area (Å²) >= 11 is 0. The molecule has 0 spiro atoms. The van der Waals surface area contributed by atoms with Crippen LogP contribution in [0.2, 0.25) is 0 Å². The molecule has 1 aliphatic carbocycles. The number of carbonyl (C=O) groups is 2. The van der Waals surface area contributed by atoms with Gasteiger partial charge in [0.1, 0.15) is 6.04 Å². The summed E-state index contributed by atoms with van der Waals surface area (Å²) in [6.45, 7) is 1.27. The van der Waals surface area contributed by atoms with Gasteiger partial charge in [-0.05, 0) is 43.7 Å². The van der Waals surface area contributed by atoms with Crippen molar-refractivity contribution in [2.24, 2.45) is 5.92 Å². The Morgan fingerprint density at radius 1 is 1.15 bits per heavy atom. The standard InChI is InChI=1S/C20H29N5O2/c26-19(22-16-7-1-2-8-16)15-6-4-10-25(13-15)20(27)18-11-17(23-24-18)14-5-3-9-21-12-14/h3,5,9,12,15-18,23-24H,1-2,4,6-8,10-11,13H2,(H,22,26). The molecule has 7 nitrogen and oxygen atoms in total. The first-order chi connectivity index (χ1) is 13.2. The second-order valence-electron chi connectivity index (χ2n) is 8.03. The predicted molar refractivity (Wildman–Crippen MR) is 101 cm³/mol.